The number of carboxylic acids is 1. The minimum atomic E-state index is -1.18. The number of aromatic hydroxyl groups is 1. The fourth-order valence-corrected chi connectivity index (χ4v) is 4.01. The second-order valence-corrected chi connectivity index (χ2v) is 8.74. The van der Waals surface area contributed by atoms with E-state index in [2.05, 4.69) is 0 Å². The van der Waals surface area contributed by atoms with Gasteiger partial charge >= 0.3 is 5.97 Å². The zero-order valence-corrected chi connectivity index (χ0v) is 20.5. The molecule has 3 aromatic carbocycles. The number of anilines is 1. The van der Waals surface area contributed by atoms with Crippen LogP contribution in [0.15, 0.2) is 60.7 Å². The van der Waals surface area contributed by atoms with Gasteiger partial charge in [-0.3, -0.25) is 9.69 Å². The van der Waals surface area contributed by atoms with Crippen molar-refractivity contribution in [3.63, 3.8) is 0 Å². The van der Waals surface area contributed by atoms with Gasteiger partial charge in [0.05, 0.1) is 10.0 Å². The molecule has 8 heteroatoms. The first kappa shape index (κ1) is 25.4. The molecule has 0 aliphatic rings. The Kier molecular flexibility index (Phi) is 8.07. The van der Waals surface area contributed by atoms with Crippen molar-refractivity contribution in [1.82, 2.24) is 0 Å². The summed E-state index contributed by atoms with van der Waals surface area (Å²) in [6.45, 7) is 5.42. The third kappa shape index (κ3) is 5.46. The lowest BCUT2D eigenvalue weighted by Gasteiger charge is -2.27. The molecular formula is C26H25Cl2NO5. The van der Waals surface area contributed by atoms with Gasteiger partial charge in [-0.25, -0.2) is 4.79 Å². The summed E-state index contributed by atoms with van der Waals surface area (Å²) >= 11 is 13.0. The van der Waals surface area contributed by atoms with Crippen molar-refractivity contribution in [2.24, 2.45) is 0 Å². The Balaban J connectivity index is 2.00. The molecule has 6 nitrogen and oxygen atoms in total. The lowest BCUT2D eigenvalue weighted by molar-refractivity contribution is -0.138. The molecule has 0 saturated carbocycles. The van der Waals surface area contributed by atoms with Gasteiger partial charge < -0.3 is 14.9 Å². The standard InChI is InChI=1S/C26H25Cl2NO5/c1-4-15(2)20-14-19(10-11-23(20)30)34-24-21(27)12-18(13-22(24)28)29(16(3)26(32)33)25(31)17-8-6-5-7-9-17/h5-16,30H,4H2,1-3H3,(H,32,33). The van der Waals surface area contributed by atoms with Gasteiger partial charge in [0.15, 0.2) is 5.75 Å². The molecule has 0 radical (unpaired) electrons. The molecule has 178 valence electrons. The van der Waals surface area contributed by atoms with Crippen LogP contribution in [0.4, 0.5) is 5.69 Å². The molecule has 0 heterocycles. The number of phenolic OH excluding ortho intramolecular Hbond substituents is 1. The van der Waals surface area contributed by atoms with E-state index in [0.717, 1.165) is 16.9 Å². The highest BCUT2D eigenvalue weighted by molar-refractivity contribution is 6.37. The van der Waals surface area contributed by atoms with Crippen molar-refractivity contribution < 1.29 is 24.5 Å². The zero-order chi connectivity index (χ0) is 25.0. The number of aliphatic carboxylic acids is 1. The molecule has 0 spiro atoms. The highest BCUT2D eigenvalue weighted by atomic mass is 35.5. The van der Waals surface area contributed by atoms with Crippen LogP contribution in [0.2, 0.25) is 10.0 Å². The van der Waals surface area contributed by atoms with Crippen molar-refractivity contribution in [2.75, 3.05) is 4.90 Å². The lowest BCUT2D eigenvalue weighted by Crippen LogP contribution is -2.43. The number of carboxylic acid groups (broad SMARTS) is 1. The van der Waals surface area contributed by atoms with Gasteiger partial charge in [-0.05, 0) is 61.7 Å². The summed E-state index contributed by atoms with van der Waals surface area (Å²) < 4.78 is 5.92. The topological polar surface area (TPSA) is 87.1 Å². The molecule has 0 aliphatic heterocycles. The molecule has 0 aliphatic carbocycles. The highest BCUT2D eigenvalue weighted by Crippen LogP contribution is 2.42. The molecule has 34 heavy (non-hydrogen) atoms. The number of halogens is 2. The van der Waals surface area contributed by atoms with Gasteiger partial charge in [-0.15, -0.1) is 0 Å². The number of hydrogen-bond donors (Lipinski definition) is 2. The van der Waals surface area contributed by atoms with E-state index in [9.17, 15) is 19.8 Å². The molecule has 0 aromatic heterocycles. The molecule has 0 saturated heterocycles. The molecule has 2 N–H and O–H groups in total. The van der Waals surface area contributed by atoms with E-state index >= 15 is 0 Å². The molecule has 3 aromatic rings. The van der Waals surface area contributed by atoms with Crippen molar-refractivity contribution >= 4 is 40.8 Å². The number of carbonyl (C=O) groups excluding carboxylic acids is 1. The normalized spacial score (nSPS) is 12.6. The maximum absolute atomic E-state index is 13.2. The number of carbonyl (C=O) groups is 2. The van der Waals surface area contributed by atoms with E-state index < -0.39 is 17.9 Å². The molecule has 1 amide bonds. The van der Waals surface area contributed by atoms with E-state index in [1.165, 1.54) is 19.1 Å². The number of nitrogens with zero attached hydrogens (tertiary/aromatic N) is 1. The molecular weight excluding hydrogens is 477 g/mol. The van der Waals surface area contributed by atoms with Gasteiger partial charge in [-0.1, -0.05) is 55.2 Å². The maximum Gasteiger partial charge on any atom is 0.326 e. The number of amides is 1. The number of phenols is 1. The van der Waals surface area contributed by atoms with Crippen LogP contribution in [-0.4, -0.2) is 28.1 Å². The van der Waals surface area contributed by atoms with E-state index in [1.54, 1.807) is 48.5 Å². The SMILES string of the molecule is CCC(C)c1cc(Oc2c(Cl)cc(N(C(=O)c3ccccc3)C(C)C(=O)O)cc2Cl)ccc1O. The van der Waals surface area contributed by atoms with Crippen LogP contribution in [0.5, 0.6) is 17.2 Å². The van der Waals surface area contributed by atoms with Gasteiger partial charge in [0.1, 0.15) is 17.5 Å². The Bertz CT molecular complexity index is 1180. The average molecular weight is 502 g/mol. The van der Waals surface area contributed by atoms with Crippen LogP contribution in [0.25, 0.3) is 0 Å². The second-order valence-electron chi connectivity index (χ2n) is 7.93. The Morgan fingerprint density at radius 2 is 1.62 bits per heavy atom. The van der Waals surface area contributed by atoms with E-state index in [0.29, 0.717) is 11.3 Å². The molecule has 2 unspecified atom stereocenters. The summed E-state index contributed by atoms with van der Waals surface area (Å²) in [5.74, 6) is -0.811. The fraction of sp³-hybridized carbons (Fsp3) is 0.231. The predicted molar refractivity (Wildman–Crippen MR) is 134 cm³/mol. The predicted octanol–water partition coefficient (Wildman–Crippen LogP) is 7.12. The molecule has 2 atom stereocenters. The highest BCUT2D eigenvalue weighted by Gasteiger charge is 2.29. The summed E-state index contributed by atoms with van der Waals surface area (Å²) in [6, 6.07) is 14.9. The van der Waals surface area contributed by atoms with Gasteiger partial charge in [0.2, 0.25) is 0 Å². The summed E-state index contributed by atoms with van der Waals surface area (Å²) in [5.41, 5.74) is 1.28. The second kappa shape index (κ2) is 10.8. The number of benzene rings is 3. The summed E-state index contributed by atoms with van der Waals surface area (Å²) in [6.07, 6.45) is 0.834. The lowest BCUT2D eigenvalue weighted by atomic mass is 9.97. The Hall–Kier alpha value is -3.22. The van der Waals surface area contributed by atoms with Crippen LogP contribution in [0, 0.1) is 0 Å². The van der Waals surface area contributed by atoms with Crippen LogP contribution in [0.3, 0.4) is 0 Å². The minimum absolute atomic E-state index is 0.101. The maximum atomic E-state index is 13.2. The Morgan fingerprint density at radius 3 is 2.18 bits per heavy atom. The van der Waals surface area contributed by atoms with Gasteiger partial charge in [-0.2, -0.15) is 0 Å². The largest absolute Gasteiger partial charge is 0.508 e. The molecule has 0 bridgehead atoms. The number of ether oxygens (including phenoxy) is 1. The van der Waals surface area contributed by atoms with Crippen molar-refractivity contribution in [2.45, 2.75) is 39.2 Å². The first-order chi connectivity index (χ1) is 16.1. The first-order valence-electron chi connectivity index (χ1n) is 10.7. The molecule has 0 fully saturated rings. The smallest absolute Gasteiger partial charge is 0.326 e. The fourth-order valence-electron chi connectivity index (χ4n) is 3.46. The van der Waals surface area contributed by atoms with Crippen molar-refractivity contribution in [3.8, 4) is 17.2 Å². The first-order valence-corrected chi connectivity index (χ1v) is 11.5. The summed E-state index contributed by atoms with van der Waals surface area (Å²) in [5, 5.41) is 20.0. The van der Waals surface area contributed by atoms with Crippen molar-refractivity contribution in [1.29, 1.82) is 0 Å². The van der Waals surface area contributed by atoms with Gasteiger partial charge in [0, 0.05) is 16.8 Å². The third-order valence-electron chi connectivity index (χ3n) is 5.61. The monoisotopic (exact) mass is 501 g/mol. The van der Waals surface area contributed by atoms with Crippen LogP contribution >= 0.6 is 23.2 Å². The van der Waals surface area contributed by atoms with Crippen LogP contribution < -0.4 is 9.64 Å². The number of rotatable bonds is 8. The van der Waals surface area contributed by atoms with E-state index in [-0.39, 0.29) is 33.1 Å². The van der Waals surface area contributed by atoms with Gasteiger partial charge in [0.25, 0.3) is 5.91 Å². The Morgan fingerprint density at radius 1 is 1.00 bits per heavy atom. The quantitative estimate of drug-likeness (QED) is 0.342. The van der Waals surface area contributed by atoms with E-state index in [4.69, 9.17) is 27.9 Å². The average Bonchev–Trinajstić information content (AvgIpc) is 2.82. The van der Waals surface area contributed by atoms with Crippen LogP contribution in [0.1, 0.15) is 49.0 Å². The molecule has 3 rings (SSSR count). The summed E-state index contributed by atoms with van der Waals surface area (Å²) in [4.78, 5) is 26.1. The third-order valence-corrected chi connectivity index (χ3v) is 6.17. The minimum Gasteiger partial charge on any atom is -0.508 e. The summed E-state index contributed by atoms with van der Waals surface area (Å²) in [7, 11) is 0. The van der Waals surface area contributed by atoms with E-state index in [1.807, 2.05) is 13.8 Å². The zero-order valence-electron chi connectivity index (χ0n) is 19.0. The van der Waals surface area contributed by atoms with Crippen molar-refractivity contribution in [3.05, 3.63) is 81.8 Å². The van der Waals surface area contributed by atoms with Crippen LogP contribution in [-0.2, 0) is 4.79 Å². The number of hydrogen-bond acceptors (Lipinski definition) is 4. The Labute approximate surface area is 208 Å².